The molecule has 0 saturated heterocycles. The molecule has 0 bridgehead atoms. The van der Waals surface area contributed by atoms with E-state index >= 15 is 0 Å². The predicted molar refractivity (Wildman–Crippen MR) is 94.2 cm³/mol. The minimum Gasteiger partial charge on any atom is -0.496 e. The zero-order valence-electron chi connectivity index (χ0n) is 12.9. The monoisotopic (exact) mass is 414 g/mol. The summed E-state index contributed by atoms with van der Waals surface area (Å²) in [6.07, 6.45) is 0.944. The summed E-state index contributed by atoms with van der Waals surface area (Å²) in [5.41, 5.74) is 0.546. The number of nitro groups is 1. The van der Waals surface area contributed by atoms with Crippen molar-refractivity contribution in [2.75, 3.05) is 18.7 Å². The minimum atomic E-state index is -3.71. The number of nitro benzene ring substituents is 1. The van der Waals surface area contributed by atoms with Gasteiger partial charge in [-0.05, 0) is 45.8 Å². The lowest BCUT2D eigenvalue weighted by atomic mass is 10.2. The molecule has 0 amide bonds. The fourth-order valence-electron chi connectivity index (χ4n) is 2.17. The molecular weight excluding hydrogens is 400 g/mol. The molecule has 0 radical (unpaired) electrons. The van der Waals surface area contributed by atoms with Gasteiger partial charge >= 0.3 is 5.69 Å². The third-order valence-corrected chi connectivity index (χ3v) is 5.03. The van der Waals surface area contributed by atoms with Crippen LogP contribution in [-0.2, 0) is 16.4 Å². The Labute approximate surface area is 147 Å². The van der Waals surface area contributed by atoms with E-state index in [2.05, 4.69) is 21.2 Å². The summed E-state index contributed by atoms with van der Waals surface area (Å²) in [5, 5.41) is 14.2. The van der Waals surface area contributed by atoms with Crippen molar-refractivity contribution < 1.29 is 18.1 Å². The lowest BCUT2D eigenvalue weighted by Gasteiger charge is -2.11. The molecule has 0 aliphatic heterocycles. The van der Waals surface area contributed by atoms with Crippen molar-refractivity contribution in [3.63, 3.8) is 0 Å². The van der Waals surface area contributed by atoms with Crippen LogP contribution < -0.4 is 10.1 Å². The number of hydrogen-bond donors (Lipinski definition) is 1. The summed E-state index contributed by atoms with van der Waals surface area (Å²) >= 11 is 3.37. The van der Waals surface area contributed by atoms with Gasteiger partial charge in [0.05, 0.1) is 16.5 Å². The Bertz CT molecular complexity index is 883. The first-order valence-corrected chi connectivity index (χ1v) is 9.46. The lowest BCUT2D eigenvalue weighted by molar-refractivity contribution is -0.386. The number of ether oxygens (including phenoxy) is 1. The zero-order chi connectivity index (χ0) is 17.9. The van der Waals surface area contributed by atoms with E-state index < -0.39 is 20.4 Å². The van der Waals surface area contributed by atoms with Crippen LogP contribution in [0.3, 0.4) is 0 Å². The van der Waals surface area contributed by atoms with E-state index in [1.165, 1.54) is 18.2 Å². The third kappa shape index (κ3) is 4.04. The number of hydrogen-bond acceptors (Lipinski definition) is 6. The molecule has 0 heterocycles. The molecule has 2 aromatic rings. The minimum absolute atomic E-state index is 0.148. The molecule has 0 aromatic heterocycles. The molecule has 2 rings (SSSR count). The second kappa shape index (κ2) is 7.18. The Morgan fingerprint density at radius 1 is 1.29 bits per heavy atom. The van der Waals surface area contributed by atoms with Gasteiger partial charge in [-0.1, -0.05) is 12.1 Å². The Morgan fingerprint density at radius 3 is 2.54 bits per heavy atom. The summed E-state index contributed by atoms with van der Waals surface area (Å²) in [6.45, 7) is 0.288. The van der Waals surface area contributed by atoms with Crippen LogP contribution in [0, 0.1) is 10.1 Å². The normalized spacial score (nSPS) is 11.1. The number of nitrogens with zero attached hydrogens (tertiary/aromatic N) is 1. The number of methoxy groups -OCH3 is 1. The number of anilines is 1. The SMILES string of the molecule is COc1ccc(CNc2cccc(S(C)(=O)=O)c2[N+](=O)[O-])cc1Br. The number of benzene rings is 2. The van der Waals surface area contributed by atoms with Crippen molar-refractivity contribution in [1.82, 2.24) is 0 Å². The molecular formula is C15H15BrN2O5S. The third-order valence-electron chi connectivity index (χ3n) is 3.28. The maximum absolute atomic E-state index is 11.7. The van der Waals surface area contributed by atoms with Gasteiger partial charge in [-0.25, -0.2) is 8.42 Å². The molecule has 0 aliphatic carbocycles. The Kier molecular flexibility index (Phi) is 5.45. The molecule has 1 N–H and O–H groups in total. The second-order valence-corrected chi connectivity index (χ2v) is 7.84. The van der Waals surface area contributed by atoms with Gasteiger partial charge in [0.15, 0.2) is 9.84 Å². The fourth-order valence-corrected chi connectivity index (χ4v) is 3.62. The summed E-state index contributed by atoms with van der Waals surface area (Å²) < 4.78 is 29.4. The van der Waals surface area contributed by atoms with Crippen LogP contribution in [0.15, 0.2) is 45.8 Å². The smallest absolute Gasteiger partial charge is 0.310 e. The Morgan fingerprint density at radius 2 is 2.00 bits per heavy atom. The average Bonchev–Trinajstić information content (AvgIpc) is 2.51. The first-order valence-electron chi connectivity index (χ1n) is 6.77. The lowest BCUT2D eigenvalue weighted by Crippen LogP contribution is -2.07. The molecule has 24 heavy (non-hydrogen) atoms. The maximum Gasteiger partial charge on any atom is 0.310 e. The fraction of sp³-hybridized carbons (Fsp3) is 0.200. The number of para-hydroxylation sites is 1. The first kappa shape index (κ1) is 18.2. The van der Waals surface area contributed by atoms with Gasteiger partial charge in [-0.2, -0.15) is 0 Å². The molecule has 9 heteroatoms. The van der Waals surface area contributed by atoms with Gasteiger partial charge < -0.3 is 10.1 Å². The number of nitrogens with one attached hydrogen (secondary N) is 1. The van der Waals surface area contributed by atoms with E-state index in [0.717, 1.165) is 16.3 Å². The van der Waals surface area contributed by atoms with Crippen LogP contribution in [0.5, 0.6) is 5.75 Å². The molecule has 0 atom stereocenters. The first-order chi connectivity index (χ1) is 11.2. The highest BCUT2D eigenvalue weighted by atomic mass is 79.9. The topological polar surface area (TPSA) is 98.5 Å². The summed E-state index contributed by atoms with van der Waals surface area (Å²) in [7, 11) is -2.15. The van der Waals surface area contributed by atoms with Crippen molar-refractivity contribution in [1.29, 1.82) is 0 Å². The molecule has 7 nitrogen and oxygen atoms in total. The largest absolute Gasteiger partial charge is 0.496 e. The van der Waals surface area contributed by atoms with Crippen LogP contribution in [0.25, 0.3) is 0 Å². The highest BCUT2D eigenvalue weighted by molar-refractivity contribution is 9.10. The van der Waals surface area contributed by atoms with Crippen molar-refractivity contribution in [2.45, 2.75) is 11.4 Å². The molecule has 0 fully saturated rings. The highest BCUT2D eigenvalue weighted by Crippen LogP contribution is 2.32. The van der Waals surface area contributed by atoms with E-state index in [9.17, 15) is 18.5 Å². The molecule has 128 valence electrons. The summed E-state index contributed by atoms with van der Waals surface area (Å²) in [5.74, 6) is 0.670. The van der Waals surface area contributed by atoms with Gasteiger partial charge in [0, 0.05) is 12.8 Å². The Hall–Kier alpha value is -2.13. The van der Waals surface area contributed by atoms with Crippen LogP contribution in [0.4, 0.5) is 11.4 Å². The summed E-state index contributed by atoms with van der Waals surface area (Å²) in [4.78, 5) is 10.3. The van der Waals surface area contributed by atoms with Crippen LogP contribution in [0.2, 0.25) is 0 Å². The molecule has 0 unspecified atom stereocenters. The van der Waals surface area contributed by atoms with Gasteiger partial charge in [-0.3, -0.25) is 10.1 Å². The molecule has 0 saturated carbocycles. The van der Waals surface area contributed by atoms with Gasteiger partial charge in [0.1, 0.15) is 16.3 Å². The predicted octanol–water partition coefficient (Wildman–Crippen LogP) is 3.38. The van der Waals surface area contributed by atoms with Gasteiger partial charge in [-0.15, -0.1) is 0 Å². The van der Waals surface area contributed by atoms with Gasteiger partial charge in [0.25, 0.3) is 0 Å². The van der Waals surface area contributed by atoms with Gasteiger partial charge in [0.2, 0.25) is 0 Å². The van der Waals surface area contributed by atoms with E-state index in [0.29, 0.717) is 5.75 Å². The van der Waals surface area contributed by atoms with Crippen molar-refractivity contribution in [2.24, 2.45) is 0 Å². The number of sulfone groups is 1. The van der Waals surface area contributed by atoms with Crippen molar-refractivity contribution in [3.8, 4) is 5.75 Å². The molecule has 0 aliphatic rings. The molecule has 2 aromatic carbocycles. The van der Waals surface area contributed by atoms with E-state index in [4.69, 9.17) is 4.74 Å². The number of halogens is 1. The van der Waals surface area contributed by atoms with Crippen LogP contribution in [0.1, 0.15) is 5.56 Å². The average molecular weight is 415 g/mol. The number of rotatable bonds is 6. The molecule has 0 spiro atoms. The van der Waals surface area contributed by atoms with E-state index in [1.54, 1.807) is 13.2 Å². The Balaban J connectivity index is 2.33. The van der Waals surface area contributed by atoms with Crippen molar-refractivity contribution >= 4 is 37.1 Å². The van der Waals surface area contributed by atoms with Crippen LogP contribution >= 0.6 is 15.9 Å². The van der Waals surface area contributed by atoms with Crippen molar-refractivity contribution in [3.05, 3.63) is 56.5 Å². The van der Waals surface area contributed by atoms with E-state index in [-0.39, 0.29) is 17.1 Å². The summed E-state index contributed by atoms with van der Waals surface area (Å²) in [6, 6.07) is 9.56. The highest BCUT2D eigenvalue weighted by Gasteiger charge is 2.25. The standard InChI is InChI=1S/C15H15BrN2O5S/c1-23-13-7-6-10(8-11(13)16)9-17-12-4-3-5-14(24(2,21)22)15(12)18(19)20/h3-8,17H,9H2,1-2H3. The van der Waals surface area contributed by atoms with E-state index in [1.807, 2.05) is 12.1 Å². The van der Waals surface area contributed by atoms with Crippen LogP contribution in [-0.4, -0.2) is 26.7 Å². The quantitative estimate of drug-likeness (QED) is 0.574. The maximum atomic E-state index is 11.7. The second-order valence-electron chi connectivity index (χ2n) is 5.00. The zero-order valence-corrected chi connectivity index (χ0v) is 15.3.